The summed E-state index contributed by atoms with van der Waals surface area (Å²) in [6.45, 7) is 11.2. The second-order valence-corrected chi connectivity index (χ2v) is 7.51. The average molecular weight is 318 g/mol. The number of hydrogen-bond donors (Lipinski definition) is 0. The van der Waals surface area contributed by atoms with Gasteiger partial charge in [-0.2, -0.15) is 0 Å². The van der Waals surface area contributed by atoms with Crippen LogP contribution in [0.5, 0.6) is 0 Å². The summed E-state index contributed by atoms with van der Waals surface area (Å²) in [5, 5.41) is 2.64. The Morgan fingerprint density at radius 2 is 1.42 bits per heavy atom. The molecule has 0 fully saturated rings. The zero-order valence-electron chi connectivity index (χ0n) is 15.7. The highest BCUT2D eigenvalue weighted by atomic mass is 14.9. The van der Waals surface area contributed by atoms with Crippen LogP contribution in [0, 0.1) is 6.92 Å². The fraction of sp³-hybridized carbons (Fsp3) is 0.348. The van der Waals surface area contributed by atoms with Gasteiger partial charge in [0.15, 0.2) is 6.20 Å². The van der Waals surface area contributed by atoms with Crippen LogP contribution in [0.2, 0.25) is 0 Å². The second kappa shape index (κ2) is 6.39. The summed E-state index contributed by atoms with van der Waals surface area (Å²) in [4.78, 5) is 0. The first-order chi connectivity index (χ1) is 11.4. The lowest BCUT2D eigenvalue weighted by molar-refractivity contribution is -0.659. The topological polar surface area (TPSA) is 3.88 Å². The van der Waals surface area contributed by atoms with Crippen molar-refractivity contribution >= 4 is 10.8 Å². The molecule has 24 heavy (non-hydrogen) atoms. The summed E-state index contributed by atoms with van der Waals surface area (Å²) in [6.07, 6.45) is 2.17. The quantitative estimate of drug-likeness (QED) is 0.530. The smallest absolute Gasteiger partial charge is 0.200 e. The Labute approximate surface area is 146 Å². The van der Waals surface area contributed by atoms with Gasteiger partial charge in [0.2, 0.25) is 5.69 Å². The van der Waals surface area contributed by atoms with Crippen molar-refractivity contribution in [3.05, 3.63) is 65.4 Å². The van der Waals surface area contributed by atoms with Crippen molar-refractivity contribution in [2.45, 2.75) is 46.5 Å². The van der Waals surface area contributed by atoms with Crippen LogP contribution in [-0.4, -0.2) is 0 Å². The summed E-state index contributed by atoms with van der Waals surface area (Å²) in [5.41, 5.74) is 6.78. The molecule has 0 saturated carbocycles. The van der Waals surface area contributed by atoms with Gasteiger partial charge in [0.25, 0.3) is 0 Å². The fourth-order valence-corrected chi connectivity index (χ4v) is 3.39. The van der Waals surface area contributed by atoms with Gasteiger partial charge in [-0.25, -0.2) is 4.57 Å². The maximum absolute atomic E-state index is 2.37. The van der Waals surface area contributed by atoms with Gasteiger partial charge in [0, 0.05) is 11.6 Å². The van der Waals surface area contributed by atoms with E-state index in [4.69, 9.17) is 0 Å². The number of pyridine rings is 1. The van der Waals surface area contributed by atoms with E-state index < -0.39 is 0 Å². The molecule has 0 atom stereocenters. The molecule has 3 aromatic rings. The van der Waals surface area contributed by atoms with Crippen molar-refractivity contribution in [1.29, 1.82) is 0 Å². The molecule has 0 N–H and O–H groups in total. The molecule has 0 aliphatic heterocycles. The molecule has 1 heteroatoms. The molecule has 1 nitrogen and oxygen atoms in total. The Kier molecular flexibility index (Phi) is 4.45. The number of rotatable bonds is 3. The molecular formula is C23H28N+. The zero-order valence-corrected chi connectivity index (χ0v) is 15.7. The second-order valence-electron chi connectivity index (χ2n) is 7.51. The summed E-state index contributed by atoms with van der Waals surface area (Å²) in [5.74, 6) is 1.10. The van der Waals surface area contributed by atoms with Gasteiger partial charge >= 0.3 is 0 Å². The lowest BCUT2D eigenvalue weighted by Crippen LogP contribution is -2.30. The monoisotopic (exact) mass is 318 g/mol. The first kappa shape index (κ1) is 16.7. The molecule has 0 aliphatic carbocycles. The number of aromatic nitrogens is 1. The lowest BCUT2D eigenvalue weighted by atomic mass is 9.93. The molecule has 0 amide bonds. The summed E-state index contributed by atoms with van der Waals surface area (Å²) in [7, 11) is 2.15. The molecular weight excluding hydrogens is 290 g/mol. The third-order valence-corrected chi connectivity index (χ3v) is 5.00. The van der Waals surface area contributed by atoms with Crippen molar-refractivity contribution in [3.63, 3.8) is 0 Å². The molecule has 124 valence electrons. The molecule has 0 spiro atoms. The van der Waals surface area contributed by atoms with Gasteiger partial charge in [-0.15, -0.1) is 0 Å². The van der Waals surface area contributed by atoms with Crippen LogP contribution >= 0.6 is 0 Å². The van der Waals surface area contributed by atoms with Crippen LogP contribution in [0.4, 0.5) is 0 Å². The van der Waals surface area contributed by atoms with E-state index in [1.54, 1.807) is 0 Å². The minimum Gasteiger partial charge on any atom is -0.200 e. The van der Waals surface area contributed by atoms with Crippen LogP contribution in [0.25, 0.3) is 22.0 Å². The maximum Gasteiger partial charge on any atom is 0.220 e. The molecule has 1 aromatic heterocycles. The summed E-state index contributed by atoms with van der Waals surface area (Å²) in [6, 6.07) is 16.0. The van der Waals surface area contributed by atoms with Gasteiger partial charge in [-0.3, -0.25) is 0 Å². The van der Waals surface area contributed by atoms with E-state index in [2.05, 4.69) is 94.9 Å². The Morgan fingerprint density at radius 1 is 0.792 bits per heavy atom. The van der Waals surface area contributed by atoms with Gasteiger partial charge in [0.1, 0.15) is 7.05 Å². The van der Waals surface area contributed by atoms with E-state index >= 15 is 0 Å². The summed E-state index contributed by atoms with van der Waals surface area (Å²) >= 11 is 0. The third kappa shape index (κ3) is 2.96. The minimum absolute atomic E-state index is 0.539. The van der Waals surface area contributed by atoms with Crippen molar-refractivity contribution < 1.29 is 4.57 Å². The number of aryl methyl sites for hydroxylation is 2. The minimum atomic E-state index is 0.539. The van der Waals surface area contributed by atoms with E-state index in [1.165, 1.54) is 38.7 Å². The fourth-order valence-electron chi connectivity index (χ4n) is 3.39. The molecule has 1 heterocycles. The standard InChI is InChI=1S/C23H28N/c1-15(2)19-9-10-21(17(5)13-19)23-22-14-20(16(3)4)8-7-18(22)11-12-24(23)6/h7-16H,1-6H3/q+1. The molecule has 0 radical (unpaired) electrons. The van der Waals surface area contributed by atoms with Gasteiger partial charge in [0.05, 0.1) is 5.39 Å². The van der Waals surface area contributed by atoms with E-state index in [9.17, 15) is 0 Å². The molecule has 0 aliphatic rings. The van der Waals surface area contributed by atoms with Crippen molar-refractivity contribution in [2.24, 2.45) is 7.05 Å². The zero-order chi connectivity index (χ0) is 17.4. The Balaban J connectivity index is 2.28. The van der Waals surface area contributed by atoms with Crippen LogP contribution in [-0.2, 0) is 7.05 Å². The average Bonchev–Trinajstić information content (AvgIpc) is 2.54. The van der Waals surface area contributed by atoms with E-state index in [-0.39, 0.29) is 0 Å². The predicted molar refractivity (Wildman–Crippen MR) is 103 cm³/mol. The molecule has 3 rings (SSSR count). The van der Waals surface area contributed by atoms with Crippen LogP contribution in [0.1, 0.15) is 56.2 Å². The van der Waals surface area contributed by atoms with Crippen LogP contribution in [0.3, 0.4) is 0 Å². The van der Waals surface area contributed by atoms with Crippen LogP contribution in [0.15, 0.2) is 48.7 Å². The highest BCUT2D eigenvalue weighted by Crippen LogP contribution is 2.31. The van der Waals surface area contributed by atoms with Crippen molar-refractivity contribution in [1.82, 2.24) is 0 Å². The number of fused-ring (bicyclic) bond motifs is 1. The first-order valence-corrected chi connectivity index (χ1v) is 8.91. The summed E-state index contributed by atoms with van der Waals surface area (Å²) < 4.78 is 2.25. The van der Waals surface area contributed by atoms with Gasteiger partial charge < -0.3 is 0 Å². The van der Waals surface area contributed by atoms with Crippen LogP contribution < -0.4 is 4.57 Å². The first-order valence-electron chi connectivity index (χ1n) is 8.91. The Morgan fingerprint density at radius 3 is 2.04 bits per heavy atom. The van der Waals surface area contributed by atoms with Crippen molar-refractivity contribution in [3.8, 4) is 11.3 Å². The SMILES string of the molecule is Cc1cc(C(C)C)ccc1-c1c2cc(C(C)C)ccc2cc[n+]1C. The number of hydrogen-bond acceptors (Lipinski definition) is 0. The normalized spacial score (nSPS) is 11.7. The third-order valence-electron chi connectivity index (χ3n) is 5.00. The highest BCUT2D eigenvalue weighted by Gasteiger charge is 2.18. The van der Waals surface area contributed by atoms with E-state index in [1.807, 2.05) is 0 Å². The highest BCUT2D eigenvalue weighted by molar-refractivity contribution is 5.94. The Bertz CT molecular complexity index is 888. The largest absolute Gasteiger partial charge is 0.220 e. The molecule has 0 unspecified atom stereocenters. The van der Waals surface area contributed by atoms with Gasteiger partial charge in [-0.1, -0.05) is 52.0 Å². The molecule has 2 aromatic carbocycles. The lowest BCUT2D eigenvalue weighted by Gasteiger charge is -2.13. The van der Waals surface area contributed by atoms with E-state index in [0.29, 0.717) is 11.8 Å². The molecule has 0 saturated heterocycles. The van der Waals surface area contributed by atoms with Crippen molar-refractivity contribution in [2.75, 3.05) is 0 Å². The Hall–Kier alpha value is -2.15. The molecule has 0 bridgehead atoms. The number of nitrogens with zero attached hydrogens (tertiary/aromatic N) is 1. The predicted octanol–water partition coefficient (Wildman–Crippen LogP) is 5.89. The maximum atomic E-state index is 2.37. The van der Waals surface area contributed by atoms with Gasteiger partial charge in [-0.05, 0) is 53.0 Å². The number of benzene rings is 2. The van der Waals surface area contributed by atoms with E-state index in [0.717, 1.165) is 0 Å².